The Hall–Kier alpha value is -3.10. The summed E-state index contributed by atoms with van der Waals surface area (Å²) in [4.78, 5) is 10.7. The highest BCUT2D eigenvalue weighted by Gasteiger charge is 2.30. The molecule has 1 aromatic carbocycles. The number of hydrogen-bond acceptors (Lipinski definition) is 5. The molecule has 1 aliphatic heterocycles. The summed E-state index contributed by atoms with van der Waals surface area (Å²) in [6.07, 6.45) is 0.697. The molecule has 1 saturated heterocycles. The average molecular weight is 403 g/mol. The Morgan fingerprint density at radius 1 is 1.14 bits per heavy atom. The molecular formula is C20H20F3N5O. The van der Waals surface area contributed by atoms with Gasteiger partial charge in [0.05, 0.1) is 17.9 Å². The molecule has 0 bridgehead atoms. The molecular weight excluding hydrogens is 383 g/mol. The van der Waals surface area contributed by atoms with Crippen molar-refractivity contribution in [2.24, 2.45) is 0 Å². The van der Waals surface area contributed by atoms with Crippen molar-refractivity contribution in [1.29, 1.82) is 0 Å². The molecule has 0 aliphatic carbocycles. The van der Waals surface area contributed by atoms with E-state index >= 15 is 0 Å². The number of aromatic amines is 1. The Labute approximate surface area is 165 Å². The standard InChI is InChI=1S/C20H20F3N5O/c21-20(22,23)15-2-4-17(5-3-15)29-11-7-16-12-18(27-26-16)14-6-10-28(13-14)19-24-8-1-9-25-19/h1-5,8-9,12,14H,6-7,10-11,13H2,(H,26,27)/t14-/m0/s1. The number of halogens is 3. The van der Waals surface area contributed by atoms with Crippen molar-refractivity contribution >= 4 is 5.95 Å². The minimum Gasteiger partial charge on any atom is -0.493 e. The van der Waals surface area contributed by atoms with Crippen LogP contribution >= 0.6 is 0 Å². The highest BCUT2D eigenvalue weighted by atomic mass is 19.4. The van der Waals surface area contributed by atoms with Gasteiger partial charge in [0.1, 0.15) is 5.75 Å². The van der Waals surface area contributed by atoms with Crippen LogP contribution in [0.1, 0.15) is 29.3 Å². The lowest BCUT2D eigenvalue weighted by Crippen LogP contribution is -2.21. The minimum atomic E-state index is -4.34. The lowest BCUT2D eigenvalue weighted by molar-refractivity contribution is -0.137. The van der Waals surface area contributed by atoms with Crippen LogP contribution in [0.5, 0.6) is 5.75 Å². The molecule has 0 amide bonds. The van der Waals surface area contributed by atoms with Gasteiger partial charge in [-0.1, -0.05) is 0 Å². The first-order valence-electron chi connectivity index (χ1n) is 9.35. The van der Waals surface area contributed by atoms with E-state index in [9.17, 15) is 13.2 Å². The van der Waals surface area contributed by atoms with Crippen LogP contribution in [0.2, 0.25) is 0 Å². The molecule has 1 fully saturated rings. The van der Waals surface area contributed by atoms with Crippen molar-refractivity contribution in [3.8, 4) is 5.75 Å². The van der Waals surface area contributed by atoms with Crippen molar-refractivity contribution in [1.82, 2.24) is 20.2 Å². The number of H-pyrrole nitrogens is 1. The normalized spacial score (nSPS) is 16.9. The summed E-state index contributed by atoms with van der Waals surface area (Å²) in [7, 11) is 0. The predicted molar refractivity (Wildman–Crippen MR) is 101 cm³/mol. The molecule has 1 atom stereocenters. The summed E-state index contributed by atoms with van der Waals surface area (Å²) in [5, 5.41) is 7.44. The van der Waals surface area contributed by atoms with Gasteiger partial charge < -0.3 is 9.64 Å². The maximum Gasteiger partial charge on any atom is 0.416 e. The van der Waals surface area contributed by atoms with E-state index < -0.39 is 11.7 Å². The third-order valence-corrected chi connectivity index (χ3v) is 4.91. The zero-order chi connectivity index (χ0) is 20.3. The van der Waals surface area contributed by atoms with Gasteiger partial charge in [-0.25, -0.2) is 9.97 Å². The molecule has 0 radical (unpaired) electrons. The first-order chi connectivity index (χ1) is 14.0. The minimum absolute atomic E-state index is 0.305. The Bertz CT molecular complexity index is 927. The van der Waals surface area contributed by atoms with Crippen molar-refractivity contribution < 1.29 is 17.9 Å². The second kappa shape index (κ2) is 8.10. The fourth-order valence-corrected chi connectivity index (χ4v) is 3.37. The highest BCUT2D eigenvalue weighted by molar-refractivity contribution is 5.33. The van der Waals surface area contributed by atoms with E-state index in [1.807, 2.05) is 6.07 Å². The molecule has 29 heavy (non-hydrogen) atoms. The van der Waals surface area contributed by atoms with Crippen LogP contribution in [0.15, 0.2) is 48.8 Å². The summed E-state index contributed by atoms with van der Waals surface area (Å²) < 4.78 is 43.3. The zero-order valence-electron chi connectivity index (χ0n) is 15.6. The second-order valence-electron chi connectivity index (χ2n) is 6.92. The largest absolute Gasteiger partial charge is 0.493 e. The van der Waals surface area contributed by atoms with Gasteiger partial charge >= 0.3 is 6.18 Å². The quantitative estimate of drug-likeness (QED) is 0.678. The van der Waals surface area contributed by atoms with E-state index in [0.717, 1.165) is 49.0 Å². The predicted octanol–water partition coefficient (Wildman–Crippen LogP) is 3.83. The molecule has 6 nitrogen and oxygen atoms in total. The van der Waals surface area contributed by atoms with Crippen LogP contribution < -0.4 is 9.64 Å². The van der Waals surface area contributed by atoms with Crippen molar-refractivity contribution in [3.05, 3.63) is 65.7 Å². The van der Waals surface area contributed by atoms with Gasteiger partial charge in [-0.15, -0.1) is 0 Å². The molecule has 9 heteroatoms. The molecule has 3 heterocycles. The summed E-state index contributed by atoms with van der Waals surface area (Å²) in [5.41, 5.74) is 1.24. The molecule has 152 valence electrons. The number of alkyl halides is 3. The van der Waals surface area contributed by atoms with Crippen molar-refractivity contribution in [2.75, 3.05) is 24.6 Å². The fraction of sp³-hybridized carbons (Fsp3) is 0.350. The number of nitrogens with one attached hydrogen (secondary N) is 1. The van der Waals surface area contributed by atoms with Crippen LogP contribution in [0.4, 0.5) is 19.1 Å². The summed E-state index contributed by atoms with van der Waals surface area (Å²) in [6, 6.07) is 8.53. The summed E-state index contributed by atoms with van der Waals surface area (Å²) in [6.45, 7) is 2.05. The molecule has 1 N–H and O–H groups in total. The molecule has 2 aromatic heterocycles. The van der Waals surface area contributed by atoms with Gasteiger partial charge in [0, 0.05) is 43.5 Å². The Balaban J connectivity index is 1.28. The number of benzene rings is 1. The van der Waals surface area contributed by atoms with Gasteiger partial charge in [-0.05, 0) is 42.8 Å². The van der Waals surface area contributed by atoms with E-state index in [1.165, 1.54) is 12.1 Å². The third-order valence-electron chi connectivity index (χ3n) is 4.91. The topological polar surface area (TPSA) is 66.9 Å². The maximum atomic E-state index is 12.6. The Morgan fingerprint density at radius 3 is 2.62 bits per heavy atom. The highest BCUT2D eigenvalue weighted by Crippen LogP contribution is 2.30. The van der Waals surface area contributed by atoms with Crippen LogP contribution in [-0.2, 0) is 12.6 Å². The summed E-state index contributed by atoms with van der Waals surface area (Å²) in [5.74, 6) is 1.45. The molecule has 1 aliphatic rings. The maximum absolute atomic E-state index is 12.6. The number of ether oxygens (including phenoxy) is 1. The SMILES string of the molecule is FC(F)(F)c1ccc(OCCc2cc([C@H]3CCN(c4ncccn4)C3)n[nH]2)cc1. The fourth-order valence-electron chi connectivity index (χ4n) is 3.37. The molecule has 0 saturated carbocycles. The average Bonchev–Trinajstić information content (AvgIpc) is 3.38. The van der Waals surface area contributed by atoms with E-state index in [1.54, 1.807) is 18.5 Å². The smallest absolute Gasteiger partial charge is 0.416 e. The first-order valence-corrected chi connectivity index (χ1v) is 9.35. The van der Waals surface area contributed by atoms with Gasteiger partial charge in [0.25, 0.3) is 0 Å². The van der Waals surface area contributed by atoms with E-state index in [2.05, 4.69) is 25.1 Å². The molecule has 0 spiro atoms. The molecule has 3 aromatic rings. The van der Waals surface area contributed by atoms with Gasteiger partial charge in [0.15, 0.2) is 0 Å². The number of aromatic nitrogens is 4. The van der Waals surface area contributed by atoms with Crippen LogP contribution in [0.25, 0.3) is 0 Å². The lowest BCUT2D eigenvalue weighted by atomic mass is 10.0. The van der Waals surface area contributed by atoms with E-state index in [4.69, 9.17) is 4.74 Å². The third kappa shape index (κ3) is 4.67. The van der Waals surface area contributed by atoms with Gasteiger partial charge in [-0.3, -0.25) is 5.10 Å². The van der Waals surface area contributed by atoms with E-state index in [-0.39, 0.29) is 0 Å². The summed E-state index contributed by atoms with van der Waals surface area (Å²) >= 11 is 0. The van der Waals surface area contributed by atoms with Crippen LogP contribution in [-0.4, -0.2) is 39.9 Å². The Morgan fingerprint density at radius 2 is 1.90 bits per heavy atom. The number of rotatable bonds is 6. The number of hydrogen-bond donors (Lipinski definition) is 1. The number of anilines is 1. The zero-order valence-corrected chi connectivity index (χ0v) is 15.6. The van der Waals surface area contributed by atoms with Crippen molar-refractivity contribution in [3.63, 3.8) is 0 Å². The van der Waals surface area contributed by atoms with Crippen LogP contribution in [0.3, 0.4) is 0 Å². The number of nitrogens with zero attached hydrogens (tertiary/aromatic N) is 4. The lowest BCUT2D eigenvalue weighted by Gasteiger charge is -2.14. The Kier molecular flexibility index (Phi) is 5.37. The van der Waals surface area contributed by atoms with Gasteiger partial charge in [-0.2, -0.15) is 18.3 Å². The molecule has 4 rings (SSSR count). The van der Waals surface area contributed by atoms with Crippen LogP contribution in [0, 0.1) is 0 Å². The second-order valence-corrected chi connectivity index (χ2v) is 6.92. The van der Waals surface area contributed by atoms with Crippen molar-refractivity contribution in [2.45, 2.75) is 24.9 Å². The first kappa shape index (κ1) is 19.2. The van der Waals surface area contributed by atoms with E-state index in [0.29, 0.717) is 24.7 Å². The molecule has 0 unspecified atom stereocenters. The monoisotopic (exact) mass is 403 g/mol. The van der Waals surface area contributed by atoms with Gasteiger partial charge in [0.2, 0.25) is 5.95 Å².